The van der Waals surface area contributed by atoms with E-state index < -0.39 is 0 Å². The van der Waals surface area contributed by atoms with Crippen LogP contribution in [0.1, 0.15) is 46.5 Å². The van der Waals surface area contributed by atoms with Crippen molar-refractivity contribution in [2.75, 3.05) is 6.54 Å². The van der Waals surface area contributed by atoms with E-state index in [1.165, 1.54) is 0 Å². The fourth-order valence-electron chi connectivity index (χ4n) is 1.43. The topological polar surface area (TPSA) is 42.7 Å². The predicted octanol–water partition coefficient (Wildman–Crippen LogP) is 1.79. The van der Waals surface area contributed by atoms with Crippen LogP contribution in [0.15, 0.2) is 6.33 Å². The standard InChI is InChI=1S/C11H22N4/c1-9(2)15-8-13-14-10(15)6-7-12-11(3,4)5/h8-9,12H,6-7H2,1-5H3. The van der Waals surface area contributed by atoms with Crippen molar-refractivity contribution in [2.45, 2.75) is 52.6 Å². The molecule has 0 saturated carbocycles. The highest BCUT2D eigenvalue weighted by molar-refractivity contribution is 4.89. The molecule has 0 aromatic carbocycles. The average Bonchev–Trinajstić information content (AvgIpc) is 2.49. The molecule has 0 aliphatic carbocycles. The SMILES string of the molecule is CC(C)n1cnnc1CCNC(C)(C)C. The monoisotopic (exact) mass is 210 g/mol. The number of nitrogens with zero attached hydrogens (tertiary/aromatic N) is 3. The molecular formula is C11H22N4. The van der Waals surface area contributed by atoms with E-state index >= 15 is 0 Å². The molecule has 0 aliphatic heterocycles. The molecule has 0 saturated heterocycles. The summed E-state index contributed by atoms with van der Waals surface area (Å²) in [5, 5.41) is 11.5. The Bertz CT molecular complexity index is 296. The van der Waals surface area contributed by atoms with Gasteiger partial charge in [0.25, 0.3) is 0 Å². The lowest BCUT2D eigenvalue weighted by Gasteiger charge is -2.20. The summed E-state index contributed by atoms with van der Waals surface area (Å²) in [6.07, 6.45) is 2.73. The van der Waals surface area contributed by atoms with Gasteiger partial charge in [-0.15, -0.1) is 10.2 Å². The molecule has 0 aliphatic rings. The number of hydrogen-bond acceptors (Lipinski definition) is 3. The van der Waals surface area contributed by atoms with Gasteiger partial charge in [-0.25, -0.2) is 0 Å². The van der Waals surface area contributed by atoms with Crippen LogP contribution in [-0.2, 0) is 6.42 Å². The molecule has 1 N–H and O–H groups in total. The van der Waals surface area contributed by atoms with Crippen LogP contribution < -0.4 is 5.32 Å². The van der Waals surface area contributed by atoms with Gasteiger partial charge < -0.3 is 9.88 Å². The normalized spacial score (nSPS) is 12.4. The zero-order valence-corrected chi connectivity index (χ0v) is 10.4. The molecule has 0 bridgehead atoms. The highest BCUT2D eigenvalue weighted by Crippen LogP contribution is 2.07. The van der Waals surface area contributed by atoms with Gasteiger partial charge in [0.2, 0.25) is 0 Å². The van der Waals surface area contributed by atoms with Crippen LogP contribution in [0.5, 0.6) is 0 Å². The first-order valence-corrected chi connectivity index (χ1v) is 5.53. The van der Waals surface area contributed by atoms with Crippen LogP contribution in [0.3, 0.4) is 0 Å². The van der Waals surface area contributed by atoms with Gasteiger partial charge in [0.15, 0.2) is 0 Å². The molecule has 0 fully saturated rings. The van der Waals surface area contributed by atoms with E-state index in [0.29, 0.717) is 6.04 Å². The predicted molar refractivity (Wildman–Crippen MR) is 61.9 cm³/mol. The Morgan fingerprint density at radius 3 is 2.60 bits per heavy atom. The van der Waals surface area contributed by atoms with Crippen molar-refractivity contribution < 1.29 is 0 Å². The summed E-state index contributed by atoms with van der Waals surface area (Å²) in [6, 6.07) is 0.435. The average molecular weight is 210 g/mol. The Hall–Kier alpha value is -0.900. The van der Waals surface area contributed by atoms with E-state index in [2.05, 4.69) is 54.7 Å². The maximum absolute atomic E-state index is 4.13. The minimum absolute atomic E-state index is 0.169. The third-order valence-electron chi connectivity index (χ3n) is 2.21. The Morgan fingerprint density at radius 1 is 1.40 bits per heavy atom. The molecule has 0 unspecified atom stereocenters. The summed E-state index contributed by atoms with van der Waals surface area (Å²) in [7, 11) is 0. The summed E-state index contributed by atoms with van der Waals surface area (Å²) in [5.74, 6) is 1.06. The van der Waals surface area contributed by atoms with Gasteiger partial charge in [0.05, 0.1) is 0 Å². The van der Waals surface area contributed by atoms with Gasteiger partial charge >= 0.3 is 0 Å². The van der Waals surface area contributed by atoms with E-state index in [4.69, 9.17) is 0 Å². The van der Waals surface area contributed by atoms with Crippen molar-refractivity contribution in [3.05, 3.63) is 12.2 Å². The van der Waals surface area contributed by atoms with Crippen LogP contribution in [0.2, 0.25) is 0 Å². The van der Waals surface area contributed by atoms with Gasteiger partial charge in [-0.05, 0) is 34.6 Å². The summed E-state index contributed by atoms with van der Waals surface area (Å²) >= 11 is 0. The molecule has 86 valence electrons. The smallest absolute Gasteiger partial charge is 0.134 e. The second-order valence-electron chi connectivity index (χ2n) is 5.17. The minimum atomic E-state index is 0.169. The number of aromatic nitrogens is 3. The maximum atomic E-state index is 4.13. The first kappa shape index (κ1) is 12.2. The molecule has 0 amide bonds. The molecule has 1 aromatic heterocycles. The quantitative estimate of drug-likeness (QED) is 0.824. The molecule has 0 spiro atoms. The zero-order valence-electron chi connectivity index (χ0n) is 10.4. The molecule has 4 heteroatoms. The largest absolute Gasteiger partial charge is 0.315 e. The van der Waals surface area contributed by atoms with Crippen LogP contribution in [-0.4, -0.2) is 26.8 Å². The summed E-state index contributed by atoms with van der Waals surface area (Å²) < 4.78 is 2.12. The van der Waals surface area contributed by atoms with Gasteiger partial charge in [0.1, 0.15) is 12.2 Å². The van der Waals surface area contributed by atoms with Gasteiger partial charge in [-0.3, -0.25) is 0 Å². The van der Waals surface area contributed by atoms with Crippen molar-refractivity contribution in [1.29, 1.82) is 0 Å². The Kier molecular flexibility index (Phi) is 3.85. The lowest BCUT2D eigenvalue weighted by atomic mass is 10.1. The third-order valence-corrected chi connectivity index (χ3v) is 2.21. The highest BCUT2D eigenvalue weighted by atomic mass is 15.3. The summed E-state index contributed by atoms with van der Waals surface area (Å²) in [6.45, 7) is 11.7. The molecule has 1 heterocycles. The van der Waals surface area contributed by atoms with Crippen molar-refractivity contribution >= 4 is 0 Å². The zero-order chi connectivity index (χ0) is 11.5. The van der Waals surface area contributed by atoms with Crippen molar-refractivity contribution in [2.24, 2.45) is 0 Å². The van der Waals surface area contributed by atoms with Gasteiger partial charge in [-0.2, -0.15) is 0 Å². The number of nitrogens with one attached hydrogen (secondary N) is 1. The maximum Gasteiger partial charge on any atom is 0.134 e. The van der Waals surface area contributed by atoms with Crippen LogP contribution in [0.25, 0.3) is 0 Å². The Balaban J connectivity index is 2.47. The highest BCUT2D eigenvalue weighted by Gasteiger charge is 2.10. The first-order chi connectivity index (χ1) is 6.90. The van der Waals surface area contributed by atoms with E-state index in [9.17, 15) is 0 Å². The van der Waals surface area contributed by atoms with Crippen molar-refractivity contribution in [3.8, 4) is 0 Å². The molecule has 1 aromatic rings. The van der Waals surface area contributed by atoms with Gasteiger partial charge in [0, 0.05) is 24.5 Å². The van der Waals surface area contributed by atoms with Crippen LogP contribution in [0.4, 0.5) is 0 Å². The van der Waals surface area contributed by atoms with E-state index in [0.717, 1.165) is 18.8 Å². The molecule has 15 heavy (non-hydrogen) atoms. The fourth-order valence-corrected chi connectivity index (χ4v) is 1.43. The third kappa shape index (κ3) is 4.00. The summed E-state index contributed by atoms with van der Waals surface area (Å²) in [4.78, 5) is 0. The molecule has 1 rings (SSSR count). The Labute approximate surface area is 92.1 Å². The number of hydrogen-bond donors (Lipinski definition) is 1. The molecule has 0 radical (unpaired) electrons. The molecule has 4 nitrogen and oxygen atoms in total. The summed E-state index contributed by atoms with van der Waals surface area (Å²) in [5.41, 5.74) is 0.169. The fraction of sp³-hybridized carbons (Fsp3) is 0.818. The van der Waals surface area contributed by atoms with E-state index in [1.807, 2.05) is 0 Å². The lowest BCUT2D eigenvalue weighted by molar-refractivity contribution is 0.423. The second-order valence-corrected chi connectivity index (χ2v) is 5.17. The van der Waals surface area contributed by atoms with Crippen molar-refractivity contribution in [1.82, 2.24) is 20.1 Å². The van der Waals surface area contributed by atoms with Crippen LogP contribution in [0, 0.1) is 0 Å². The molecular weight excluding hydrogens is 188 g/mol. The second kappa shape index (κ2) is 4.75. The van der Waals surface area contributed by atoms with Crippen LogP contribution >= 0.6 is 0 Å². The minimum Gasteiger partial charge on any atom is -0.315 e. The van der Waals surface area contributed by atoms with Gasteiger partial charge in [-0.1, -0.05) is 0 Å². The molecule has 0 atom stereocenters. The first-order valence-electron chi connectivity index (χ1n) is 5.53. The number of rotatable bonds is 4. The van der Waals surface area contributed by atoms with Crippen molar-refractivity contribution in [3.63, 3.8) is 0 Å². The lowest BCUT2D eigenvalue weighted by Crippen LogP contribution is -2.37. The Morgan fingerprint density at radius 2 is 2.07 bits per heavy atom. The van der Waals surface area contributed by atoms with E-state index in [-0.39, 0.29) is 5.54 Å². The van der Waals surface area contributed by atoms with E-state index in [1.54, 1.807) is 6.33 Å².